The van der Waals surface area contributed by atoms with E-state index in [1.54, 1.807) is 0 Å². The van der Waals surface area contributed by atoms with Crippen LogP contribution in [0.15, 0.2) is 48.6 Å². The summed E-state index contributed by atoms with van der Waals surface area (Å²) in [4.78, 5) is 23.9. The molecule has 46 heavy (non-hydrogen) atoms. The van der Waals surface area contributed by atoms with Gasteiger partial charge in [0.2, 0.25) is 0 Å². The predicted molar refractivity (Wildman–Crippen MR) is 193 cm³/mol. The van der Waals surface area contributed by atoms with Crippen LogP contribution in [0.2, 0.25) is 0 Å². The first kappa shape index (κ1) is 43.8. The van der Waals surface area contributed by atoms with Crippen molar-refractivity contribution in [2.45, 2.75) is 180 Å². The average molecular weight is 647 g/mol. The highest BCUT2D eigenvalue weighted by atomic mass is 16.6. The molecule has 0 saturated carbocycles. The van der Waals surface area contributed by atoms with Crippen LogP contribution in [-0.2, 0) is 19.1 Å². The lowest BCUT2D eigenvalue weighted by Crippen LogP contribution is -2.25. The highest BCUT2D eigenvalue weighted by molar-refractivity contribution is 5.69. The number of allylic oxidation sites excluding steroid dienone is 7. The van der Waals surface area contributed by atoms with Gasteiger partial charge in [0.1, 0.15) is 19.3 Å². The van der Waals surface area contributed by atoms with E-state index in [2.05, 4.69) is 44.2 Å². The van der Waals surface area contributed by atoms with Gasteiger partial charge in [-0.3, -0.25) is 9.59 Å². The van der Waals surface area contributed by atoms with E-state index in [0.29, 0.717) is 12.8 Å². The third-order valence-corrected chi connectivity index (χ3v) is 7.92. The minimum Gasteiger partial charge on any atom is -0.463 e. The second kappa shape index (κ2) is 35.7. The van der Waals surface area contributed by atoms with Crippen molar-refractivity contribution in [1.29, 1.82) is 0 Å². The molecule has 2 atom stereocenters. The van der Waals surface area contributed by atoms with E-state index in [0.717, 1.165) is 57.8 Å². The van der Waals surface area contributed by atoms with Gasteiger partial charge in [-0.05, 0) is 38.5 Å². The van der Waals surface area contributed by atoms with Gasteiger partial charge in [0.25, 0.3) is 0 Å². The molecule has 0 fully saturated rings. The van der Waals surface area contributed by atoms with Crippen molar-refractivity contribution in [1.82, 2.24) is 0 Å². The summed E-state index contributed by atoms with van der Waals surface area (Å²) >= 11 is 0. The summed E-state index contributed by atoms with van der Waals surface area (Å²) in [5.74, 6) is -0.654. The van der Waals surface area contributed by atoms with Crippen LogP contribution in [0.4, 0.5) is 0 Å². The highest BCUT2D eigenvalue weighted by Gasteiger charge is 2.12. The average Bonchev–Trinajstić information content (AvgIpc) is 3.05. The topological polar surface area (TPSA) is 93.1 Å². The zero-order chi connectivity index (χ0) is 33.8. The zero-order valence-electron chi connectivity index (χ0n) is 29.7. The SMILES string of the molecule is CCCCCCCCCCCCCCCCC(=O)OC[C@@H](O)COC(=O)CCC/C=C\C/C=C\C/C=C\C=C\[C@H](O)CCCCC. The zero-order valence-corrected chi connectivity index (χ0v) is 29.7. The van der Waals surface area contributed by atoms with Crippen LogP contribution in [0.3, 0.4) is 0 Å². The quantitative estimate of drug-likeness (QED) is 0.0319. The van der Waals surface area contributed by atoms with Crippen molar-refractivity contribution >= 4 is 11.9 Å². The number of rotatable bonds is 33. The van der Waals surface area contributed by atoms with Gasteiger partial charge in [0, 0.05) is 12.8 Å². The largest absolute Gasteiger partial charge is 0.463 e. The van der Waals surface area contributed by atoms with Gasteiger partial charge in [0.05, 0.1) is 6.10 Å². The molecule has 0 bridgehead atoms. The number of aliphatic hydroxyl groups is 2. The van der Waals surface area contributed by atoms with Crippen molar-refractivity contribution in [3.8, 4) is 0 Å². The van der Waals surface area contributed by atoms with Crippen molar-refractivity contribution in [2.75, 3.05) is 13.2 Å². The third-order valence-electron chi connectivity index (χ3n) is 7.92. The molecule has 6 heteroatoms. The molecule has 0 aromatic carbocycles. The number of hydrogen-bond donors (Lipinski definition) is 2. The first-order valence-corrected chi connectivity index (χ1v) is 18.8. The Hall–Kier alpha value is -2.18. The molecule has 0 aliphatic carbocycles. The fourth-order valence-corrected chi connectivity index (χ4v) is 5.01. The van der Waals surface area contributed by atoms with Crippen molar-refractivity contribution in [3.63, 3.8) is 0 Å². The van der Waals surface area contributed by atoms with E-state index < -0.39 is 6.10 Å². The Morgan fingerprint density at radius 2 is 1.00 bits per heavy atom. The van der Waals surface area contributed by atoms with Gasteiger partial charge in [-0.15, -0.1) is 0 Å². The maximum Gasteiger partial charge on any atom is 0.305 e. The summed E-state index contributed by atoms with van der Waals surface area (Å²) in [5, 5.41) is 19.8. The van der Waals surface area contributed by atoms with E-state index in [9.17, 15) is 19.8 Å². The number of aliphatic hydroxyl groups excluding tert-OH is 2. The van der Waals surface area contributed by atoms with E-state index in [1.165, 1.54) is 77.0 Å². The number of esters is 2. The highest BCUT2D eigenvalue weighted by Crippen LogP contribution is 2.13. The van der Waals surface area contributed by atoms with Crippen LogP contribution in [0.5, 0.6) is 0 Å². The standard InChI is InChI=1S/C40H70O6/c1-3-5-7-8-9-10-11-12-13-16-19-22-25-29-33-39(43)45-35-38(42)36-46-40(44)34-30-26-23-20-17-14-15-18-21-24-28-32-37(41)31-27-6-4-2/h14-15,20-21,23-24,28,32,37-38,41-42H,3-13,16-19,22,25-27,29-31,33-36H2,1-2H3/b15-14-,23-20-,24-21-,32-28+/t37-,38-/m1/s1. The maximum atomic E-state index is 11.9. The van der Waals surface area contributed by atoms with Gasteiger partial charge in [-0.1, -0.05) is 165 Å². The molecule has 6 nitrogen and oxygen atoms in total. The van der Waals surface area contributed by atoms with Crippen LogP contribution in [0.25, 0.3) is 0 Å². The van der Waals surface area contributed by atoms with E-state index in [4.69, 9.17) is 9.47 Å². The summed E-state index contributed by atoms with van der Waals surface area (Å²) < 4.78 is 10.3. The lowest BCUT2D eigenvalue weighted by Gasteiger charge is -2.12. The van der Waals surface area contributed by atoms with Gasteiger partial charge < -0.3 is 19.7 Å². The van der Waals surface area contributed by atoms with Gasteiger partial charge >= 0.3 is 11.9 Å². The minimum absolute atomic E-state index is 0.143. The molecule has 0 aliphatic rings. The summed E-state index contributed by atoms with van der Waals surface area (Å²) in [7, 11) is 0. The van der Waals surface area contributed by atoms with Crippen LogP contribution in [0, 0.1) is 0 Å². The number of unbranched alkanes of at least 4 members (excludes halogenated alkanes) is 16. The lowest BCUT2D eigenvalue weighted by atomic mass is 10.0. The molecule has 0 amide bonds. The van der Waals surface area contributed by atoms with Crippen molar-refractivity contribution in [3.05, 3.63) is 48.6 Å². The summed E-state index contributed by atoms with van der Waals surface area (Å²) in [6, 6.07) is 0. The van der Waals surface area contributed by atoms with E-state index in [-0.39, 0.29) is 37.7 Å². The Morgan fingerprint density at radius 3 is 1.57 bits per heavy atom. The van der Waals surface area contributed by atoms with Crippen LogP contribution >= 0.6 is 0 Å². The number of ether oxygens (including phenoxy) is 2. The number of hydrogen-bond acceptors (Lipinski definition) is 6. The molecular formula is C40H70O6. The van der Waals surface area contributed by atoms with Crippen molar-refractivity contribution in [2.24, 2.45) is 0 Å². The molecule has 0 heterocycles. The summed E-state index contributed by atoms with van der Waals surface area (Å²) in [6.45, 7) is 4.12. The molecule has 0 aromatic rings. The first-order chi connectivity index (χ1) is 22.5. The maximum absolute atomic E-state index is 11.9. The van der Waals surface area contributed by atoms with Crippen LogP contribution in [0.1, 0.15) is 168 Å². The van der Waals surface area contributed by atoms with Gasteiger partial charge in [0.15, 0.2) is 0 Å². The fourth-order valence-electron chi connectivity index (χ4n) is 5.01. The second-order valence-electron chi connectivity index (χ2n) is 12.5. The third kappa shape index (κ3) is 34.7. The number of carbonyl (C=O) groups excluding carboxylic acids is 2. The second-order valence-corrected chi connectivity index (χ2v) is 12.5. The summed E-state index contributed by atoms with van der Waals surface area (Å²) in [5.41, 5.74) is 0. The van der Waals surface area contributed by atoms with E-state index in [1.807, 2.05) is 18.2 Å². The number of carbonyl (C=O) groups is 2. The van der Waals surface area contributed by atoms with Crippen LogP contribution in [-0.4, -0.2) is 47.6 Å². The molecule has 0 aliphatic heterocycles. The lowest BCUT2D eigenvalue weighted by molar-refractivity contribution is -0.152. The molecule has 0 aromatic heterocycles. The Bertz CT molecular complexity index is 800. The van der Waals surface area contributed by atoms with Gasteiger partial charge in [-0.25, -0.2) is 0 Å². The Labute approximate surface area is 282 Å². The fraction of sp³-hybridized carbons (Fsp3) is 0.750. The predicted octanol–water partition coefficient (Wildman–Crippen LogP) is 10.4. The monoisotopic (exact) mass is 647 g/mol. The minimum atomic E-state index is -0.996. The molecular weight excluding hydrogens is 576 g/mol. The van der Waals surface area contributed by atoms with E-state index >= 15 is 0 Å². The normalized spacial score (nSPS) is 13.4. The van der Waals surface area contributed by atoms with Crippen molar-refractivity contribution < 1.29 is 29.3 Å². The van der Waals surface area contributed by atoms with Crippen LogP contribution < -0.4 is 0 Å². The molecule has 0 rings (SSSR count). The molecule has 0 saturated heterocycles. The smallest absolute Gasteiger partial charge is 0.305 e. The Morgan fingerprint density at radius 1 is 0.543 bits per heavy atom. The molecule has 0 spiro atoms. The molecule has 266 valence electrons. The van der Waals surface area contributed by atoms with Gasteiger partial charge in [-0.2, -0.15) is 0 Å². The molecule has 2 N–H and O–H groups in total. The Balaban J connectivity index is 3.59. The summed E-state index contributed by atoms with van der Waals surface area (Å²) in [6.07, 6.45) is 40.6. The Kier molecular flexibility index (Phi) is 34.0. The first-order valence-electron chi connectivity index (χ1n) is 18.8. The molecule has 0 radical (unpaired) electrons. The molecule has 0 unspecified atom stereocenters.